The molecule has 0 aromatic heterocycles. The first-order valence-electron chi connectivity index (χ1n) is 4.98. The molecule has 2 unspecified atom stereocenters. The van der Waals surface area contributed by atoms with E-state index in [0.29, 0.717) is 16.9 Å². The Hall–Kier alpha value is -1.14. The number of aliphatic hydroxyl groups excluding tert-OH is 3. The van der Waals surface area contributed by atoms with Crippen molar-refractivity contribution in [3.63, 3.8) is 0 Å². The zero-order valence-corrected chi connectivity index (χ0v) is 9.13. The summed E-state index contributed by atoms with van der Waals surface area (Å²) in [6, 6.07) is 4.90. The molecule has 0 saturated carbocycles. The van der Waals surface area contributed by atoms with Crippen LogP contribution >= 0.6 is 0 Å². The minimum atomic E-state index is -1.12. The Labute approximate surface area is 94.1 Å². The molecule has 5 nitrogen and oxygen atoms in total. The molecule has 0 heterocycles. The standard InChI is InChI=1S/C11H17NO4/c1-16-10-3-2-7(6-13)4-8(10)11(15)9(14)5-12/h2-4,9,11,13-15H,5-6,12H2,1H3. The Kier molecular flexibility index (Phi) is 4.70. The SMILES string of the molecule is COc1ccc(CO)cc1C(O)C(O)CN. The summed E-state index contributed by atoms with van der Waals surface area (Å²) in [5.41, 5.74) is 6.33. The second-order valence-electron chi connectivity index (χ2n) is 3.48. The lowest BCUT2D eigenvalue weighted by Crippen LogP contribution is -2.27. The molecule has 1 rings (SSSR count). The fourth-order valence-corrected chi connectivity index (χ4v) is 1.45. The molecule has 1 aromatic carbocycles. The number of hydrogen-bond donors (Lipinski definition) is 4. The van der Waals surface area contributed by atoms with Gasteiger partial charge in [0.15, 0.2) is 0 Å². The number of rotatable bonds is 5. The lowest BCUT2D eigenvalue weighted by Gasteiger charge is -2.19. The van der Waals surface area contributed by atoms with E-state index in [9.17, 15) is 10.2 Å². The third kappa shape index (κ3) is 2.70. The Morgan fingerprint density at radius 2 is 2.06 bits per heavy atom. The van der Waals surface area contributed by atoms with Gasteiger partial charge in [-0.2, -0.15) is 0 Å². The van der Waals surface area contributed by atoms with Gasteiger partial charge >= 0.3 is 0 Å². The van der Waals surface area contributed by atoms with E-state index in [1.54, 1.807) is 18.2 Å². The maximum Gasteiger partial charge on any atom is 0.124 e. The fourth-order valence-electron chi connectivity index (χ4n) is 1.45. The molecular formula is C11H17NO4. The second-order valence-corrected chi connectivity index (χ2v) is 3.48. The van der Waals surface area contributed by atoms with E-state index in [0.717, 1.165) is 0 Å². The van der Waals surface area contributed by atoms with E-state index in [4.69, 9.17) is 15.6 Å². The van der Waals surface area contributed by atoms with E-state index < -0.39 is 12.2 Å². The van der Waals surface area contributed by atoms with Crippen LogP contribution < -0.4 is 10.5 Å². The highest BCUT2D eigenvalue weighted by Crippen LogP contribution is 2.28. The van der Waals surface area contributed by atoms with Crippen molar-refractivity contribution in [2.24, 2.45) is 5.73 Å². The molecule has 0 spiro atoms. The van der Waals surface area contributed by atoms with Gasteiger partial charge in [-0.3, -0.25) is 0 Å². The van der Waals surface area contributed by atoms with Crippen LogP contribution in [0.15, 0.2) is 18.2 Å². The number of ether oxygens (including phenoxy) is 1. The van der Waals surface area contributed by atoms with Gasteiger partial charge in [0.25, 0.3) is 0 Å². The average molecular weight is 227 g/mol. The molecule has 2 atom stereocenters. The molecule has 5 N–H and O–H groups in total. The molecule has 5 heteroatoms. The second kappa shape index (κ2) is 5.81. The van der Waals surface area contributed by atoms with Crippen LogP contribution in [0, 0.1) is 0 Å². The average Bonchev–Trinajstić information content (AvgIpc) is 2.35. The topological polar surface area (TPSA) is 95.9 Å². The van der Waals surface area contributed by atoms with Gasteiger partial charge in [0.05, 0.1) is 19.8 Å². The van der Waals surface area contributed by atoms with Gasteiger partial charge in [0.2, 0.25) is 0 Å². The van der Waals surface area contributed by atoms with E-state index in [1.165, 1.54) is 7.11 Å². The van der Waals surface area contributed by atoms with Crippen molar-refractivity contribution in [1.29, 1.82) is 0 Å². The first-order valence-corrected chi connectivity index (χ1v) is 4.98. The summed E-state index contributed by atoms with van der Waals surface area (Å²) in [6.07, 6.45) is -2.17. The fraction of sp³-hybridized carbons (Fsp3) is 0.455. The van der Waals surface area contributed by atoms with Crippen molar-refractivity contribution >= 4 is 0 Å². The molecule has 90 valence electrons. The van der Waals surface area contributed by atoms with Crippen LogP contribution in [0.25, 0.3) is 0 Å². The quantitative estimate of drug-likeness (QED) is 0.546. The van der Waals surface area contributed by atoms with Crippen LogP contribution in [0.1, 0.15) is 17.2 Å². The number of hydrogen-bond acceptors (Lipinski definition) is 5. The van der Waals surface area contributed by atoms with Crippen LogP contribution in [0.4, 0.5) is 0 Å². The third-order valence-corrected chi connectivity index (χ3v) is 2.40. The summed E-state index contributed by atoms with van der Waals surface area (Å²) >= 11 is 0. The van der Waals surface area contributed by atoms with E-state index in [-0.39, 0.29) is 13.2 Å². The predicted octanol–water partition coefficient (Wildman–Crippen LogP) is -0.460. The summed E-state index contributed by atoms with van der Waals surface area (Å²) < 4.78 is 5.07. The number of methoxy groups -OCH3 is 1. The van der Waals surface area contributed by atoms with Crippen molar-refractivity contribution in [2.75, 3.05) is 13.7 Å². The molecule has 0 bridgehead atoms. The zero-order chi connectivity index (χ0) is 12.1. The monoisotopic (exact) mass is 227 g/mol. The minimum absolute atomic E-state index is 0.0479. The first kappa shape index (κ1) is 12.9. The van der Waals surface area contributed by atoms with Crippen molar-refractivity contribution in [3.8, 4) is 5.75 Å². The highest BCUT2D eigenvalue weighted by molar-refractivity contribution is 5.39. The highest BCUT2D eigenvalue weighted by Gasteiger charge is 2.20. The molecule has 16 heavy (non-hydrogen) atoms. The van der Waals surface area contributed by atoms with E-state index >= 15 is 0 Å². The van der Waals surface area contributed by atoms with Crippen LogP contribution in [-0.2, 0) is 6.61 Å². The third-order valence-electron chi connectivity index (χ3n) is 2.40. The van der Waals surface area contributed by atoms with Crippen molar-refractivity contribution in [2.45, 2.75) is 18.8 Å². The Bertz CT molecular complexity index is 343. The lowest BCUT2D eigenvalue weighted by atomic mass is 10.0. The summed E-state index contributed by atoms with van der Waals surface area (Å²) in [5, 5.41) is 28.3. The maximum absolute atomic E-state index is 9.83. The maximum atomic E-state index is 9.83. The van der Waals surface area contributed by atoms with Crippen LogP contribution in [0.3, 0.4) is 0 Å². The number of benzene rings is 1. The number of aliphatic hydroxyl groups is 3. The predicted molar refractivity (Wildman–Crippen MR) is 58.9 cm³/mol. The van der Waals surface area contributed by atoms with Gasteiger partial charge < -0.3 is 25.8 Å². The van der Waals surface area contributed by atoms with Crippen LogP contribution in [-0.4, -0.2) is 35.1 Å². The summed E-state index contributed by atoms with van der Waals surface area (Å²) in [6.45, 7) is -0.184. The zero-order valence-electron chi connectivity index (χ0n) is 9.13. The lowest BCUT2D eigenvalue weighted by molar-refractivity contribution is 0.0228. The molecular weight excluding hydrogens is 210 g/mol. The first-order chi connectivity index (χ1) is 7.63. The van der Waals surface area contributed by atoms with Gasteiger partial charge in [-0.15, -0.1) is 0 Å². The van der Waals surface area contributed by atoms with E-state index in [2.05, 4.69) is 0 Å². The van der Waals surface area contributed by atoms with Gasteiger partial charge in [-0.05, 0) is 17.7 Å². The van der Waals surface area contributed by atoms with Crippen molar-refractivity contribution in [3.05, 3.63) is 29.3 Å². The molecule has 0 aliphatic carbocycles. The molecule has 0 fully saturated rings. The van der Waals surface area contributed by atoms with Crippen LogP contribution in [0.5, 0.6) is 5.75 Å². The van der Waals surface area contributed by atoms with E-state index in [1.807, 2.05) is 0 Å². The number of nitrogens with two attached hydrogens (primary N) is 1. The normalized spacial score (nSPS) is 14.6. The van der Waals surface area contributed by atoms with Gasteiger partial charge in [-0.25, -0.2) is 0 Å². The molecule has 0 radical (unpaired) electrons. The smallest absolute Gasteiger partial charge is 0.124 e. The van der Waals surface area contributed by atoms with Gasteiger partial charge in [0, 0.05) is 12.1 Å². The summed E-state index contributed by atoms with van der Waals surface area (Å²) in [7, 11) is 1.47. The Morgan fingerprint density at radius 1 is 1.38 bits per heavy atom. The Morgan fingerprint density at radius 3 is 2.56 bits per heavy atom. The molecule has 1 aromatic rings. The van der Waals surface area contributed by atoms with Gasteiger partial charge in [-0.1, -0.05) is 6.07 Å². The Balaban J connectivity index is 3.07. The minimum Gasteiger partial charge on any atom is -0.496 e. The largest absolute Gasteiger partial charge is 0.496 e. The molecule has 0 aliphatic rings. The molecule has 0 aliphatic heterocycles. The van der Waals surface area contributed by atoms with Crippen molar-refractivity contribution < 1.29 is 20.1 Å². The van der Waals surface area contributed by atoms with Crippen LogP contribution in [0.2, 0.25) is 0 Å². The van der Waals surface area contributed by atoms with Crippen molar-refractivity contribution in [1.82, 2.24) is 0 Å². The van der Waals surface area contributed by atoms with Gasteiger partial charge in [0.1, 0.15) is 11.9 Å². The summed E-state index contributed by atoms with van der Waals surface area (Å²) in [4.78, 5) is 0. The molecule has 0 saturated heterocycles. The summed E-state index contributed by atoms with van der Waals surface area (Å²) in [5.74, 6) is 0.456. The molecule has 0 amide bonds. The highest BCUT2D eigenvalue weighted by atomic mass is 16.5.